The fourth-order valence-corrected chi connectivity index (χ4v) is 1.36. The van der Waals surface area contributed by atoms with Crippen LogP contribution in [0.5, 0.6) is 5.88 Å². The molecule has 0 radical (unpaired) electrons. The molecule has 0 fully saturated rings. The SMILES string of the molecule is CCNc1cc(OCCCC(C)C)ncn1. The number of rotatable bonds is 7. The van der Waals surface area contributed by atoms with E-state index in [0.717, 1.165) is 31.3 Å². The van der Waals surface area contributed by atoms with Crippen molar-refractivity contribution in [3.8, 4) is 5.88 Å². The Hall–Kier alpha value is -1.32. The maximum absolute atomic E-state index is 5.55. The van der Waals surface area contributed by atoms with Gasteiger partial charge in [0.05, 0.1) is 6.61 Å². The molecule has 0 saturated carbocycles. The number of hydrogen-bond donors (Lipinski definition) is 1. The highest BCUT2D eigenvalue weighted by Gasteiger charge is 1.99. The fourth-order valence-electron chi connectivity index (χ4n) is 1.36. The van der Waals surface area contributed by atoms with E-state index in [-0.39, 0.29) is 0 Å². The average Bonchev–Trinajstić information content (AvgIpc) is 2.25. The first-order valence-corrected chi connectivity index (χ1v) is 5.91. The van der Waals surface area contributed by atoms with Crippen LogP contribution < -0.4 is 10.1 Å². The molecule has 0 aliphatic heterocycles. The van der Waals surface area contributed by atoms with Crippen LogP contribution in [0.1, 0.15) is 33.6 Å². The third kappa shape index (κ3) is 4.96. The van der Waals surface area contributed by atoms with Gasteiger partial charge >= 0.3 is 0 Å². The van der Waals surface area contributed by atoms with E-state index in [0.29, 0.717) is 5.88 Å². The Labute approximate surface area is 97.5 Å². The number of nitrogens with one attached hydrogen (secondary N) is 1. The quantitative estimate of drug-likeness (QED) is 0.722. The van der Waals surface area contributed by atoms with Gasteiger partial charge in [-0.2, -0.15) is 0 Å². The molecule has 0 unspecified atom stereocenters. The van der Waals surface area contributed by atoms with Gasteiger partial charge in [0.1, 0.15) is 12.1 Å². The number of hydrogen-bond acceptors (Lipinski definition) is 4. The van der Waals surface area contributed by atoms with Gasteiger partial charge in [-0.3, -0.25) is 0 Å². The predicted molar refractivity (Wildman–Crippen MR) is 65.8 cm³/mol. The summed E-state index contributed by atoms with van der Waals surface area (Å²) in [6.45, 7) is 8.04. The summed E-state index contributed by atoms with van der Waals surface area (Å²) < 4.78 is 5.55. The van der Waals surface area contributed by atoms with Crippen LogP contribution in [-0.2, 0) is 0 Å². The van der Waals surface area contributed by atoms with Gasteiger partial charge < -0.3 is 10.1 Å². The van der Waals surface area contributed by atoms with Crippen LogP contribution in [0.4, 0.5) is 5.82 Å². The molecule has 16 heavy (non-hydrogen) atoms. The zero-order chi connectivity index (χ0) is 11.8. The third-order valence-corrected chi connectivity index (χ3v) is 2.18. The second-order valence-electron chi connectivity index (χ2n) is 4.16. The largest absolute Gasteiger partial charge is 0.478 e. The summed E-state index contributed by atoms with van der Waals surface area (Å²) in [5.74, 6) is 2.19. The molecule has 1 aromatic heterocycles. The Balaban J connectivity index is 2.33. The Morgan fingerprint density at radius 2 is 2.19 bits per heavy atom. The summed E-state index contributed by atoms with van der Waals surface area (Å²) >= 11 is 0. The van der Waals surface area contributed by atoms with Crippen LogP contribution in [0, 0.1) is 5.92 Å². The first kappa shape index (κ1) is 12.7. The van der Waals surface area contributed by atoms with Gasteiger partial charge in [-0.25, -0.2) is 9.97 Å². The van der Waals surface area contributed by atoms with E-state index in [1.54, 1.807) is 0 Å². The van der Waals surface area contributed by atoms with E-state index in [4.69, 9.17) is 4.74 Å². The summed E-state index contributed by atoms with van der Waals surface area (Å²) in [5, 5.41) is 3.13. The average molecular weight is 223 g/mol. The van der Waals surface area contributed by atoms with Crippen LogP contribution >= 0.6 is 0 Å². The van der Waals surface area contributed by atoms with Crippen LogP contribution in [0.25, 0.3) is 0 Å². The summed E-state index contributed by atoms with van der Waals surface area (Å²) in [6, 6.07) is 1.83. The van der Waals surface area contributed by atoms with Gasteiger partial charge in [-0.1, -0.05) is 13.8 Å². The highest BCUT2D eigenvalue weighted by atomic mass is 16.5. The Bertz CT molecular complexity index is 302. The molecule has 4 heteroatoms. The maximum Gasteiger partial charge on any atom is 0.218 e. The van der Waals surface area contributed by atoms with Crippen molar-refractivity contribution in [1.82, 2.24) is 9.97 Å². The number of aromatic nitrogens is 2. The highest BCUT2D eigenvalue weighted by Crippen LogP contribution is 2.11. The van der Waals surface area contributed by atoms with Crippen molar-refractivity contribution in [2.75, 3.05) is 18.5 Å². The molecule has 90 valence electrons. The number of nitrogens with zero attached hydrogens (tertiary/aromatic N) is 2. The highest BCUT2D eigenvalue weighted by molar-refractivity contribution is 5.36. The fraction of sp³-hybridized carbons (Fsp3) is 0.667. The third-order valence-electron chi connectivity index (χ3n) is 2.18. The smallest absolute Gasteiger partial charge is 0.218 e. The molecule has 1 aromatic rings. The molecule has 1 rings (SSSR count). The normalized spacial score (nSPS) is 10.5. The molecule has 4 nitrogen and oxygen atoms in total. The van der Waals surface area contributed by atoms with Gasteiger partial charge in [0, 0.05) is 12.6 Å². The van der Waals surface area contributed by atoms with Crippen molar-refractivity contribution in [3.63, 3.8) is 0 Å². The second-order valence-corrected chi connectivity index (χ2v) is 4.16. The molecule has 0 saturated heterocycles. The van der Waals surface area contributed by atoms with Gasteiger partial charge in [0.25, 0.3) is 0 Å². The molecule has 0 aliphatic carbocycles. The molecule has 0 amide bonds. The lowest BCUT2D eigenvalue weighted by Crippen LogP contribution is -2.03. The molecule has 1 heterocycles. The van der Waals surface area contributed by atoms with Gasteiger partial charge in [-0.15, -0.1) is 0 Å². The lowest BCUT2D eigenvalue weighted by Gasteiger charge is -2.08. The van der Waals surface area contributed by atoms with Crippen molar-refractivity contribution in [2.24, 2.45) is 5.92 Å². The lowest BCUT2D eigenvalue weighted by molar-refractivity contribution is 0.287. The number of ether oxygens (including phenoxy) is 1. The molecular weight excluding hydrogens is 202 g/mol. The zero-order valence-electron chi connectivity index (χ0n) is 10.4. The lowest BCUT2D eigenvalue weighted by atomic mass is 10.1. The summed E-state index contributed by atoms with van der Waals surface area (Å²) in [6.07, 6.45) is 3.78. The van der Waals surface area contributed by atoms with E-state index in [9.17, 15) is 0 Å². The zero-order valence-corrected chi connectivity index (χ0v) is 10.4. The van der Waals surface area contributed by atoms with E-state index >= 15 is 0 Å². The number of anilines is 1. The molecular formula is C12H21N3O. The van der Waals surface area contributed by atoms with Crippen molar-refractivity contribution in [1.29, 1.82) is 0 Å². The minimum Gasteiger partial charge on any atom is -0.478 e. The van der Waals surface area contributed by atoms with Crippen molar-refractivity contribution in [3.05, 3.63) is 12.4 Å². The Morgan fingerprint density at radius 1 is 1.38 bits per heavy atom. The Morgan fingerprint density at radius 3 is 2.88 bits per heavy atom. The second kappa shape index (κ2) is 7.04. The van der Waals surface area contributed by atoms with Crippen LogP contribution in [0.3, 0.4) is 0 Å². The minimum atomic E-state index is 0.648. The van der Waals surface area contributed by atoms with Gasteiger partial charge in [0.15, 0.2) is 0 Å². The van der Waals surface area contributed by atoms with E-state index in [1.165, 1.54) is 12.7 Å². The van der Waals surface area contributed by atoms with Crippen molar-refractivity contribution < 1.29 is 4.74 Å². The van der Waals surface area contributed by atoms with Gasteiger partial charge in [-0.05, 0) is 25.7 Å². The molecule has 0 spiro atoms. The first-order valence-electron chi connectivity index (χ1n) is 5.91. The topological polar surface area (TPSA) is 47.0 Å². The minimum absolute atomic E-state index is 0.648. The predicted octanol–water partition coefficient (Wildman–Crippen LogP) is 2.72. The van der Waals surface area contributed by atoms with Crippen LogP contribution in [0.2, 0.25) is 0 Å². The van der Waals surface area contributed by atoms with E-state index < -0.39 is 0 Å². The van der Waals surface area contributed by atoms with Crippen LogP contribution in [0.15, 0.2) is 12.4 Å². The molecule has 0 atom stereocenters. The standard InChI is InChI=1S/C12H21N3O/c1-4-13-11-8-12(15-9-14-11)16-7-5-6-10(2)3/h8-10H,4-7H2,1-3H3,(H,13,14,15). The molecule has 1 N–H and O–H groups in total. The van der Waals surface area contributed by atoms with Crippen LogP contribution in [-0.4, -0.2) is 23.1 Å². The van der Waals surface area contributed by atoms with E-state index in [2.05, 4.69) is 29.1 Å². The molecule has 0 aliphatic rings. The molecule has 0 aromatic carbocycles. The first-order chi connectivity index (χ1) is 7.72. The Kier molecular flexibility index (Phi) is 5.61. The summed E-state index contributed by atoms with van der Waals surface area (Å²) in [4.78, 5) is 8.15. The maximum atomic E-state index is 5.55. The summed E-state index contributed by atoms with van der Waals surface area (Å²) in [5.41, 5.74) is 0. The van der Waals surface area contributed by atoms with E-state index in [1.807, 2.05) is 13.0 Å². The monoisotopic (exact) mass is 223 g/mol. The van der Waals surface area contributed by atoms with Gasteiger partial charge in [0.2, 0.25) is 5.88 Å². The molecule has 0 bridgehead atoms. The van der Waals surface area contributed by atoms with Crippen molar-refractivity contribution in [2.45, 2.75) is 33.6 Å². The van der Waals surface area contributed by atoms with Crippen molar-refractivity contribution >= 4 is 5.82 Å². The summed E-state index contributed by atoms with van der Waals surface area (Å²) in [7, 11) is 0.